The van der Waals surface area contributed by atoms with Gasteiger partial charge in [-0.15, -0.1) is 11.8 Å². The number of hydrogen-bond donors (Lipinski definition) is 2. The van der Waals surface area contributed by atoms with Crippen LogP contribution in [0.2, 0.25) is 0 Å². The molecule has 0 aliphatic heterocycles. The molecule has 1 aromatic carbocycles. The maximum Gasteiger partial charge on any atom is 0.313 e. The molecule has 0 fully saturated rings. The number of carboxylic acids is 1. The second-order valence-corrected chi connectivity index (χ2v) is 5.75. The van der Waals surface area contributed by atoms with E-state index in [0.717, 1.165) is 34.1 Å². The van der Waals surface area contributed by atoms with Crippen LogP contribution < -0.4 is 5.32 Å². The summed E-state index contributed by atoms with van der Waals surface area (Å²) < 4.78 is 5.79. The van der Waals surface area contributed by atoms with Crippen molar-refractivity contribution in [2.45, 2.75) is 19.9 Å². The van der Waals surface area contributed by atoms with E-state index in [0.29, 0.717) is 0 Å². The van der Waals surface area contributed by atoms with Gasteiger partial charge in [0.25, 0.3) is 0 Å². The van der Waals surface area contributed by atoms with Gasteiger partial charge in [-0.25, -0.2) is 0 Å². The number of amides is 1. The summed E-state index contributed by atoms with van der Waals surface area (Å²) in [5.74, 6) is -0.350. The van der Waals surface area contributed by atoms with E-state index in [1.165, 1.54) is 0 Å². The first-order chi connectivity index (χ1) is 9.99. The van der Waals surface area contributed by atoms with Crippen molar-refractivity contribution in [2.75, 3.05) is 11.5 Å². The Balaban J connectivity index is 2.01. The number of para-hydroxylation sites is 1. The topological polar surface area (TPSA) is 79.5 Å². The predicted octanol–water partition coefficient (Wildman–Crippen LogP) is 2.74. The average molecular weight is 307 g/mol. The lowest BCUT2D eigenvalue weighted by atomic mass is 10.1. The van der Waals surface area contributed by atoms with E-state index < -0.39 is 5.97 Å². The molecule has 5 nitrogen and oxygen atoms in total. The first-order valence-electron chi connectivity index (χ1n) is 6.56. The third-order valence-corrected chi connectivity index (χ3v) is 4.03. The zero-order valence-electron chi connectivity index (χ0n) is 11.9. The van der Waals surface area contributed by atoms with Crippen LogP contribution in [-0.2, 0) is 9.59 Å². The normalized spacial score (nSPS) is 12.3. The number of carbonyl (C=O) groups is 2. The summed E-state index contributed by atoms with van der Waals surface area (Å²) in [4.78, 5) is 22.2. The zero-order valence-corrected chi connectivity index (χ0v) is 12.7. The van der Waals surface area contributed by atoms with E-state index in [9.17, 15) is 9.59 Å². The molecule has 0 saturated carbocycles. The Hall–Kier alpha value is -1.95. The molecule has 21 heavy (non-hydrogen) atoms. The fourth-order valence-electron chi connectivity index (χ4n) is 2.19. The number of nitrogens with one attached hydrogen (secondary N) is 1. The van der Waals surface area contributed by atoms with Crippen molar-refractivity contribution in [3.63, 3.8) is 0 Å². The number of carbonyl (C=O) groups excluding carboxylic acids is 1. The molecule has 0 aliphatic rings. The highest BCUT2D eigenvalue weighted by molar-refractivity contribution is 8.00. The van der Waals surface area contributed by atoms with Crippen LogP contribution in [-0.4, -0.2) is 28.5 Å². The quantitative estimate of drug-likeness (QED) is 0.858. The number of furan rings is 1. The van der Waals surface area contributed by atoms with E-state index in [4.69, 9.17) is 9.52 Å². The van der Waals surface area contributed by atoms with Crippen molar-refractivity contribution >= 4 is 34.6 Å². The number of fused-ring (bicyclic) bond motifs is 1. The predicted molar refractivity (Wildman–Crippen MR) is 82.5 cm³/mol. The Kier molecular flexibility index (Phi) is 4.90. The van der Waals surface area contributed by atoms with Crippen LogP contribution in [0.5, 0.6) is 0 Å². The molecule has 0 spiro atoms. The Bertz CT molecular complexity index is 665. The van der Waals surface area contributed by atoms with Gasteiger partial charge < -0.3 is 14.8 Å². The zero-order chi connectivity index (χ0) is 15.4. The van der Waals surface area contributed by atoms with Crippen molar-refractivity contribution in [2.24, 2.45) is 0 Å². The molecule has 6 heteroatoms. The van der Waals surface area contributed by atoms with Crippen molar-refractivity contribution in [3.8, 4) is 0 Å². The van der Waals surface area contributed by atoms with Gasteiger partial charge in [-0.05, 0) is 19.9 Å². The van der Waals surface area contributed by atoms with Crippen LogP contribution >= 0.6 is 11.8 Å². The molecule has 2 rings (SSSR count). The number of aliphatic carboxylic acids is 1. The van der Waals surface area contributed by atoms with E-state index in [1.807, 2.05) is 38.1 Å². The lowest BCUT2D eigenvalue weighted by Gasteiger charge is -2.12. The van der Waals surface area contributed by atoms with Crippen LogP contribution in [0, 0.1) is 6.92 Å². The molecule has 1 heterocycles. The van der Waals surface area contributed by atoms with Gasteiger partial charge in [0.15, 0.2) is 0 Å². The standard InChI is InChI=1S/C15H17NO4S/c1-9-11-5-3-4-6-12(11)20-15(9)10(2)16-13(17)7-21-8-14(18)19/h3-6,10H,7-8H2,1-2H3,(H,16,17)(H,18,19)/t10-/m1/s1. The summed E-state index contributed by atoms with van der Waals surface area (Å²) in [5.41, 5.74) is 1.81. The van der Waals surface area contributed by atoms with Crippen molar-refractivity contribution in [3.05, 3.63) is 35.6 Å². The minimum Gasteiger partial charge on any atom is -0.481 e. The highest BCUT2D eigenvalue weighted by atomic mass is 32.2. The van der Waals surface area contributed by atoms with Crippen molar-refractivity contribution in [1.29, 1.82) is 0 Å². The van der Waals surface area contributed by atoms with Crippen LogP contribution in [0.1, 0.15) is 24.3 Å². The van der Waals surface area contributed by atoms with E-state index in [-0.39, 0.29) is 23.5 Å². The molecule has 0 unspecified atom stereocenters. The lowest BCUT2D eigenvalue weighted by molar-refractivity contribution is -0.133. The maximum absolute atomic E-state index is 11.8. The van der Waals surface area contributed by atoms with Gasteiger partial charge in [0.2, 0.25) is 5.91 Å². The fraction of sp³-hybridized carbons (Fsp3) is 0.333. The first kappa shape index (κ1) is 15.4. The molecule has 2 aromatic rings. The Morgan fingerprint density at radius 3 is 2.71 bits per heavy atom. The third-order valence-electron chi connectivity index (χ3n) is 3.11. The summed E-state index contributed by atoms with van der Waals surface area (Å²) in [5, 5.41) is 12.4. The molecule has 0 saturated heterocycles. The highest BCUT2D eigenvalue weighted by Crippen LogP contribution is 2.29. The summed E-state index contributed by atoms with van der Waals surface area (Å²) in [6.45, 7) is 3.81. The van der Waals surface area contributed by atoms with E-state index >= 15 is 0 Å². The van der Waals surface area contributed by atoms with Crippen LogP contribution in [0.25, 0.3) is 11.0 Å². The fourth-order valence-corrected chi connectivity index (χ4v) is 2.73. The number of rotatable bonds is 6. The Morgan fingerprint density at radius 1 is 1.33 bits per heavy atom. The molecule has 112 valence electrons. The Labute approximate surface area is 126 Å². The van der Waals surface area contributed by atoms with Gasteiger partial charge in [-0.3, -0.25) is 9.59 Å². The summed E-state index contributed by atoms with van der Waals surface area (Å²) in [6.07, 6.45) is 0. The summed E-state index contributed by atoms with van der Waals surface area (Å²) in [7, 11) is 0. The number of hydrogen-bond acceptors (Lipinski definition) is 4. The molecule has 1 aromatic heterocycles. The van der Waals surface area contributed by atoms with Gasteiger partial charge in [-0.2, -0.15) is 0 Å². The lowest BCUT2D eigenvalue weighted by Crippen LogP contribution is -2.28. The highest BCUT2D eigenvalue weighted by Gasteiger charge is 2.18. The van der Waals surface area contributed by atoms with Gasteiger partial charge in [0, 0.05) is 10.9 Å². The van der Waals surface area contributed by atoms with Gasteiger partial charge in [0.1, 0.15) is 11.3 Å². The number of thioether (sulfide) groups is 1. The number of aryl methyl sites for hydroxylation is 1. The SMILES string of the molecule is Cc1c([C@@H](C)NC(=O)CSCC(=O)O)oc2ccccc12. The molecular formula is C15H17NO4S. The van der Waals surface area contributed by atoms with Gasteiger partial charge in [0.05, 0.1) is 17.5 Å². The summed E-state index contributed by atoms with van der Waals surface area (Å²) >= 11 is 1.07. The van der Waals surface area contributed by atoms with Gasteiger partial charge in [-0.1, -0.05) is 18.2 Å². The largest absolute Gasteiger partial charge is 0.481 e. The van der Waals surface area contributed by atoms with E-state index in [2.05, 4.69) is 5.32 Å². The molecular weight excluding hydrogens is 290 g/mol. The third kappa shape index (κ3) is 3.78. The second-order valence-electron chi connectivity index (χ2n) is 4.76. The van der Waals surface area contributed by atoms with Crippen LogP contribution in [0.4, 0.5) is 0 Å². The van der Waals surface area contributed by atoms with Crippen LogP contribution in [0.15, 0.2) is 28.7 Å². The molecule has 1 atom stereocenters. The minimum absolute atomic E-state index is 0.0779. The number of benzene rings is 1. The molecule has 0 radical (unpaired) electrons. The van der Waals surface area contributed by atoms with Crippen molar-refractivity contribution in [1.82, 2.24) is 5.32 Å². The molecule has 1 amide bonds. The first-order valence-corrected chi connectivity index (χ1v) is 7.71. The van der Waals surface area contributed by atoms with Gasteiger partial charge >= 0.3 is 5.97 Å². The monoisotopic (exact) mass is 307 g/mol. The average Bonchev–Trinajstić information content (AvgIpc) is 2.76. The minimum atomic E-state index is -0.922. The molecule has 0 bridgehead atoms. The maximum atomic E-state index is 11.8. The van der Waals surface area contributed by atoms with E-state index in [1.54, 1.807) is 0 Å². The van der Waals surface area contributed by atoms with Crippen LogP contribution in [0.3, 0.4) is 0 Å². The second kappa shape index (κ2) is 6.67. The molecule has 2 N–H and O–H groups in total. The molecule has 0 aliphatic carbocycles. The Morgan fingerprint density at radius 2 is 2.05 bits per heavy atom. The number of carboxylic acid groups (broad SMARTS) is 1. The smallest absolute Gasteiger partial charge is 0.313 e. The van der Waals surface area contributed by atoms with Crippen molar-refractivity contribution < 1.29 is 19.1 Å². The summed E-state index contributed by atoms with van der Waals surface area (Å²) in [6, 6.07) is 7.47.